The molecule has 0 aliphatic carbocycles. The minimum atomic E-state index is -3.53. The number of esters is 1. The fraction of sp³-hybridized carbons (Fsp3) is 0.667. The third-order valence-electron chi connectivity index (χ3n) is 2.82. The molecule has 2 aliphatic heterocycles. The zero-order chi connectivity index (χ0) is 15.5. The highest BCUT2D eigenvalue weighted by molar-refractivity contribution is 8.14. The van der Waals surface area contributed by atoms with Gasteiger partial charge in [-0.2, -0.15) is 0 Å². The van der Waals surface area contributed by atoms with Gasteiger partial charge < -0.3 is 18.9 Å². The minimum absolute atomic E-state index is 0.0130. The van der Waals surface area contributed by atoms with E-state index in [-0.39, 0.29) is 30.2 Å². The largest absolute Gasteiger partial charge is 0.463 e. The van der Waals surface area contributed by atoms with Crippen LogP contribution in [0.15, 0.2) is 4.99 Å². The number of hydrogen-bond donors (Lipinski definition) is 1. The van der Waals surface area contributed by atoms with Gasteiger partial charge in [0.1, 0.15) is 18.1 Å². The van der Waals surface area contributed by atoms with Crippen molar-refractivity contribution >= 4 is 30.4 Å². The molecule has 0 aromatic heterocycles. The Hall–Kier alpha value is -0.400. The molecule has 1 N–H and O–H groups in total. The van der Waals surface area contributed by atoms with Crippen LogP contribution in [0.4, 0.5) is 0 Å². The maximum atomic E-state index is 11.4. The summed E-state index contributed by atoms with van der Waals surface area (Å²) >= 11 is 1.38. The second-order valence-electron chi connectivity index (χ2n) is 4.46. The number of thioether (sulfide) groups is 1. The van der Waals surface area contributed by atoms with Gasteiger partial charge in [0, 0.05) is 33.3 Å². The number of carbonyl (C=O) groups is 1. The van der Waals surface area contributed by atoms with E-state index in [0.29, 0.717) is 6.42 Å². The summed E-state index contributed by atoms with van der Waals surface area (Å²) in [4.78, 5) is 24.5. The number of aliphatic imine (C=N–C) groups is 1. The first-order valence-corrected chi connectivity index (χ1v) is 8.94. The summed E-state index contributed by atoms with van der Waals surface area (Å²) in [7, 11) is -2.32. The van der Waals surface area contributed by atoms with Crippen molar-refractivity contribution in [3.05, 3.63) is 12.8 Å². The number of fused-ring (bicyclic) bond motifs is 1. The Labute approximate surface area is 128 Å². The van der Waals surface area contributed by atoms with Crippen LogP contribution >= 0.6 is 19.4 Å². The predicted molar refractivity (Wildman–Crippen MR) is 76.9 cm³/mol. The van der Waals surface area contributed by atoms with Gasteiger partial charge in [-0.3, -0.25) is 14.4 Å². The van der Waals surface area contributed by atoms with Crippen molar-refractivity contribution in [2.45, 2.75) is 30.9 Å². The number of carbonyl (C=O) groups excluding carboxylic acids is 1. The van der Waals surface area contributed by atoms with Crippen LogP contribution in [0.1, 0.15) is 13.3 Å². The molecule has 1 unspecified atom stereocenters. The molecule has 9 heteroatoms. The third kappa shape index (κ3) is 5.07. The summed E-state index contributed by atoms with van der Waals surface area (Å²) in [5.74, 6) is -0.378. The maximum Gasteiger partial charge on any atom is 0.328 e. The smallest absolute Gasteiger partial charge is 0.328 e. The van der Waals surface area contributed by atoms with Gasteiger partial charge in [0.2, 0.25) is 0 Å². The molecule has 0 amide bonds. The van der Waals surface area contributed by atoms with Gasteiger partial charge in [0.15, 0.2) is 0 Å². The molecule has 1 saturated heterocycles. The molecule has 2 rings (SSSR count). The second-order valence-corrected chi connectivity index (χ2v) is 7.72. The normalized spacial score (nSPS) is 31.2. The van der Waals surface area contributed by atoms with Crippen molar-refractivity contribution in [3.63, 3.8) is 0 Å². The fourth-order valence-electron chi connectivity index (χ4n) is 1.75. The van der Waals surface area contributed by atoms with E-state index in [4.69, 9.17) is 9.47 Å². The molecule has 0 aromatic carbocycles. The van der Waals surface area contributed by atoms with Crippen molar-refractivity contribution in [3.8, 4) is 0 Å². The highest BCUT2D eigenvalue weighted by Gasteiger charge is 2.38. The molecule has 0 spiro atoms. The first-order valence-electron chi connectivity index (χ1n) is 6.30. The molecule has 116 valence electrons. The average molecular weight is 333 g/mol. The lowest BCUT2D eigenvalue weighted by molar-refractivity contribution is -0.145. The topological polar surface area (TPSA) is 94.4 Å². The van der Waals surface area contributed by atoms with E-state index in [0.717, 1.165) is 5.04 Å². The Morgan fingerprint density at radius 3 is 3.00 bits per heavy atom. The summed E-state index contributed by atoms with van der Waals surface area (Å²) < 4.78 is 26.5. The highest BCUT2D eigenvalue weighted by atomic mass is 32.2. The van der Waals surface area contributed by atoms with Crippen LogP contribution in [0.5, 0.6) is 0 Å². The van der Waals surface area contributed by atoms with Crippen LogP contribution in [0, 0.1) is 12.8 Å². The molecule has 4 radical (unpaired) electrons. The van der Waals surface area contributed by atoms with E-state index in [1.165, 1.54) is 25.8 Å². The van der Waals surface area contributed by atoms with Crippen LogP contribution in [0.3, 0.4) is 0 Å². The van der Waals surface area contributed by atoms with Crippen LogP contribution in [0.25, 0.3) is 0 Å². The summed E-state index contributed by atoms with van der Waals surface area (Å²) in [5.41, 5.74) is -0.262. The quantitative estimate of drug-likeness (QED) is 0.576. The highest BCUT2D eigenvalue weighted by Crippen LogP contribution is 2.43. The summed E-state index contributed by atoms with van der Waals surface area (Å²) in [6, 6.07) is -0.279. The monoisotopic (exact) mass is 333 g/mol. The van der Waals surface area contributed by atoms with Crippen LogP contribution in [0.2, 0.25) is 0 Å². The van der Waals surface area contributed by atoms with Gasteiger partial charge in [-0.15, -0.1) is 0 Å². The number of rotatable bonds is 6. The van der Waals surface area contributed by atoms with E-state index in [1.54, 1.807) is 0 Å². The zero-order valence-electron chi connectivity index (χ0n) is 11.6. The van der Waals surface area contributed by atoms with Crippen LogP contribution in [-0.4, -0.2) is 53.4 Å². The minimum Gasteiger partial charge on any atom is -0.463 e. The molecule has 0 saturated carbocycles. The first-order chi connectivity index (χ1) is 9.89. The first kappa shape index (κ1) is 17.0. The molecule has 2 heterocycles. The summed E-state index contributed by atoms with van der Waals surface area (Å²) in [6.45, 7) is 1.42. The van der Waals surface area contributed by atoms with E-state index >= 15 is 0 Å². The van der Waals surface area contributed by atoms with Crippen LogP contribution < -0.4 is 0 Å². The van der Waals surface area contributed by atoms with Gasteiger partial charge in [0.05, 0.1) is 17.2 Å². The molecule has 2 aliphatic rings. The maximum absolute atomic E-state index is 11.4. The number of hydrogen-bond acceptors (Lipinski definition) is 7. The Morgan fingerprint density at radius 1 is 1.57 bits per heavy atom. The molecular weight excluding hydrogens is 317 g/mol. The van der Waals surface area contributed by atoms with Gasteiger partial charge in [0.25, 0.3) is 0 Å². The SMILES string of the molecule is COP(=O)(O)CCC1=N[C@@H]2[C][C][C@H](COC(C)=O)O[C@@H]2S1. The van der Waals surface area contributed by atoms with E-state index in [2.05, 4.69) is 22.4 Å². The number of nitrogens with zero attached hydrogens (tertiary/aromatic N) is 1. The molecule has 21 heavy (non-hydrogen) atoms. The van der Waals surface area contributed by atoms with Crippen molar-refractivity contribution < 1.29 is 28.3 Å². The molecule has 0 bridgehead atoms. The zero-order valence-corrected chi connectivity index (χ0v) is 13.4. The third-order valence-corrected chi connectivity index (χ3v) is 5.36. The van der Waals surface area contributed by atoms with Gasteiger partial charge >= 0.3 is 13.6 Å². The number of ether oxygens (including phenoxy) is 2. The van der Waals surface area contributed by atoms with Crippen molar-refractivity contribution in [1.29, 1.82) is 0 Å². The Morgan fingerprint density at radius 2 is 2.33 bits per heavy atom. The Kier molecular flexibility index (Phi) is 5.85. The Balaban J connectivity index is 1.79. The van der Waals surface area contributed by atoms with E-state index < -0.39 is 13.7 Å². The van der Waals surface area contributed by atoms with Gasteiger partial charge in [-0.05, 0) is 0 Å². The average Bonchev–Trinajstić information content (AvgIpc) is 2.85. The van der Waals surface area contributed by atoms with Crippen molar-refractivity contribution in [2.75, 3.05) is 19.9 Å². The predicted octanol–water partition coefficient (Wildman–Crippen LogP) is 1.17. The second kappa shape index (κ2) is 7.24. The lowest BCUT2D eigenvalue weighted by Gasteiger charge is -2.29. The molecule has 1 fully saturated rings. The summed E-state index contributed by atoms with van der Waals surface area (Å²) in [5, 5.41) is 0.721. The molecule has 0 aromatic rings. The van der Waals surface area contributed by atoms with Gasteiger partial charge in [-0.1, -0.05) is 11.8 Å². The molecule has 7 nitrogen and oxygen atoms in total. The molecular formula is C12H16NO6PS. The van der Waals surface area contributed by atoms with Crippen LogP contribution in [-0.2, 0) is 23.4 Å². The standard InChI is InChI=1S/C12H16NO6PS/c1-8(14)18-7-9-3-4-10-12(19-9)21-11(13-10)5-6-20(15,16)17-2/h9-10,12H,5-7H2,1-2H3,(H,15,16)/t9-,10-,12-/m1/s1. The van der Waals surface area contributed by atoms with Crippen molar-refractivity contribution in [1.82, 2.24) is 0 Å². The van der Waals surface area contributed by atoms with Crippen molar-refractivity contribution in [2.24, 2.45) is 4.99 Å². The lowest BCUT2D eigenvalue weighted by Crippen LogP contribution is -2.37. The van der Waals surface area contributed by atoms with Gasteiger partial charge in [-0.25, -0.2) is 0 Å². The van der Waals surface area contributed by atoms with E-state index in [9.17, 15) is 14.3 Å². The summed E-state index contributed by atoms with van der Waals surface area (Å²) in [6.07, 6.45) is 5.71. The lowest BCUT2D eigenvalue weighted by atomic mass is 10.1. The Bertz CT molecular complexity index is 471. The molecule has 4 atom stereocenters. The fourth-order valence-corrected chi connectivity index (χ4v) is 3.69. The van der Waals surface area contributed by atoms with E-state index in [1.807, 2.05) is 0 Å².